The van der Waals surface area contributed by atoms with Crippen molar-refractivity contribution in [2.45, 2.75) is 39.2 Å². The van der Waals surface area contributed by atoms with Crippen LogP contribution in [0.25, 0.3) is 10.9 Å². The van der Waals surface area contributed by atoms with Gasteiger partial charge in [-0.3, -0.25) is 9.98 Å². The highest BCUT2D eigenvalue weighted by molar-refractivity contribution is 5.95. The van der Waals surface area contributed by atoms with Crippen molar-refractivity contribution in [2.75, 3.05) is 38.2 Å². The van der Waals surface area contributed by atoms with Gasteiger partial charge in [-0.05, 0) is 69.7 Å². The summed E-state index contributed by atoms with van der Waals surface area (Å²) in [7, 11) is 0. The van der Waals surface area contributed by atoms with Gasteiger partial charge in [-0.2, -0.15) is 5.26 Å². The van der Waals surface area contributed by atoms with E-state index in [4.69, 9.17) is 0 Å². The molecule has 3 rings (SSSR count). The molecule has 7 heteroatoms. The summed E-state index contributed by atoms with van der Waals surface area (Å²) in [5, 5.41) is 23.9. The van der Waals surface area contributed by atoms with Crippen LogP contribution in [0.2, 0.25) is 0 Å². The minimum absolute atomic E-state index is 0.601. The van der Waals surface area contributed by atoms with Gasteiger partial charge >= 0.3 is 0 Å². The number of nitrogens with one attached hydrogen (secondary N) is 4. The van der Waals surface area contributed by atoms with Crippen molar-refractivity contribution in [3.05, 3.63) is 58.9 Å². The van der Waals surface area contributed by atoms with Gasteiger partial charge in [0.1, 0.15) is 6.07 Å². The van der Waals surface area contributed by atoms with E-state index in [0.29, 0.717) is 12.2 Å². The molecule has 0 bridgehead atoms. The fraction of sp³-hybridized carbons (Fsp3) is 0.423. The summed E-state index contributed by atoms with van der Waals surface area (Å²) in [4.78, 5) is 8.65. The average Bonchev–Trinajstić information content (AvgIpc) is 3.65. The van der Waals surface area contributed by atoms with E-state index in [1.165, 1.54) is 25.0 Å². The summed E-state index contributed by atoms with van der Waals surface area (Å²) in [5.74, 6) is 0. The fourth-order valence-electron chi connectivity index (χ4n) is 3.62. The average molecular weight is 446 g/mol. The third-order valence-corrected chi connectivity index (χ3v) is 5.74. The van der Waals surface area contributed by atoms with Crippen molar-refractivity contribution in [1.82, 2.24) is 20.9 Å². The lowest BCUT2D eigenvalue weighted by Gasteiger charge is -2.12. The third kappa shape index (κ3) is 7.79. The Kier molecular flexibility index (Phi) is 9.58. The molecule has 1 fully saturated rings. The van der Waals surface area contributed by atoms with Crippen LogP contribution in [-0.2, 0) is 0 Å². The quantitative estimate of drug-likeness (QED) is 0.116. The third-order valence-electron chi connectivity index (χ3n) is 5.74. The number of unbranched alkanes of at least 4 members (excludes halogenated alkanes) is 1. The number of benzene rings is 1. The number of hydrogen-bond donors (Lipinski definition) is 4. The van der Waals surface area contributed by atoms with Crippen molar-refractivity contribution in [3.8, 4) is 6.07 Å². The summed E-state index contributed by atoms with van der Waals surface area (Å²) in [5.41, 5.74) is 5.38. The number of anilines is 1. The predicted molar refractivity (Wildman–Crippen MR) is 138 cm³/mol. The Bertz CT molecular complexity index is 1040. The minimum Gasteiger partial charge on any atom is -0.383 e. The number of hydrogen-bond acceptors (Lipinski definition) is 7. The molecule has 1 atom stereocenters. The van der Waals surface area contributed by atoms with Gasteiger partial charge < -0.3 is 21.3 Å². The Hall–Kier alpha value is -3.05. The smallest absolute Gasteiger partial charge is 0.101 e. The van der Waals surface area contributed by atoms with Crippen LogP contribution in [0.4, 0.5) is 5.69 Å². The summed E-state index contributed by atoms with van der Waals surface area (Å²) < 4.78 is 0. The molecule has 0 aliphatic carbocycles. The standard InChI is InChI=1S/C26H35N7/c1-19-9-11-24-25(12-10-21(15-27)26(24)33-19)31-14-13-29-18-30-16-22(20(2)28-3)7-5-4-6-8-23-17-32-23/h5,7,9-12,23,29-32H,3-4,6,8,13-14,16-18H2,1-2H3/b7-5-,22-20+. The van der Waals surface area contributed by atoms with Crippen LogP contribution in [0.15, 0.2) is 52.7 Å². The molecule has 0 saturated carbocycles. The summed E-state index contributed by atoms with van der Waals surface area (Å²) in [6.07, 6.45) is 7.98. The number of fused-ring (bicyclic) bond motifs is 1. The molecule has 1 saturated heterocycles. The van der Waals surface area contributed by atoms with Crippen LogP contribution in [0.5, 0.6) is 0 Å². The molecule has 1 aromatic heterocycles. The van der Waals surface area contributed by atoms with Crippen LogP contribution in [0.1, 0.15) is 37.4 Å². The maximum Gasteiger partial charge on any atom is 0.101 e. The Morgan fingerprint density at radius 2 is 2.15 bits per heavy atom. The fourth-order valence-corrected chi connectivity index (χ4v) is 3.62. The van der Waals surface area contributed by atoms with Crippen molar-refractivity contribution < 1.29 is 0 Å². The first kappa shape index (κ1) is 24.6. The van der Waals surface area contributed by atoms with E-state index in [0.717, 1.165) is 60.1 Å². The number of allylic oxidation sites excluding steroid dienone is 2. The number of rotatable bonds is 14. The Morgan fingerprint density at radius 1 is 1.30 bits per heavy atom. The van der Waals surface area contributed by atoms with Crippen LogP contribution in [0, 0.1) is 18.3 Å². The molecule has 0 spiro atoms. The van der Waals surface area contributed by atoms with E-state index in [9.17, 15) is 5.26 Å². The van der Waals surface area contributed by atoms with Crippen LogP contribution in [-0.4, -0.2) is 50.6 Å². The summed E-state index contributed by atoms with van der Waals surface area (Å²) >= 11 is 0. The van der Waals surface area contributed by atoms with E-state index < -0.39 is 0 Å². The topological polar surface area (TPSA) is 107 Å². The molecule has 0 radical (unpaired) electrons. The number of nitriles is 1. The molecule has 2 aromatic rings. The Labute approximate surface area is 197 Å². The number of aromatic nitrogens is 1. The van der Waals surface area contributed by atoms with Crippen molar-refractivity contribution >= 4 is 23.3 Å². The highest BCUT2D eigenvalue weighted by Crippen LogP contribution is 2.25. The van der Waals surface area contributed by atoms with Gasteiger partial charge in [0.15, 0.2) is 0 Å². The first-order valence-corrected chi connectivity index (χ1v) is 11.6. The maximum atomic E-state index is 9.35. The van der Waals surface area contributed by atoms with Gasteiger partial charge in [0.25, 0.3) is 0 Å². The number of aliphatic imine (C=N–C) groups is 1. The van der Waals surface area contributed by atoms with Crippen LogP contribution >= 0.6 is 0 Å². The second-order valence-corrected chi connectivity index (χ2v) is 8.36. The normalized spacial score (nSPS) is 16.0. The lowest BCUT2D eigenvalue weighted by molar-refractivity contribution is 0.616. The van der Waals surface area contributed by atoms with Crippen molar-refractivity contribution in [2.24, 2.45) is 4.99 Å². The first-order valence-electron chi connectivity index (χ1n) is 11.6. The van der Waals surface area contributed by atoms with Gasteiger partial charge in [0, 0.05) is 61.4 Å². The van der Waals surface area contributed by atoms with E-state index in [-0.39, 0.29) is 0 Å². The van der Waals surface area contributed by atoms with Gasteiger partial charge in [0.2, 0.25) is 0 Å². The summed E-state index contributed by atoms with van der Waals surface area (Å²) in [6.45, 7) is 11.8. The summed E-state index contributed by atoms with van der Waals surface area (Å²) in [6, 6.07) is 10.8. The molecule has 2 heterocycles. The number of pyridine rings is 1. The van der Waals surface area contributed by atoms with Crippen molar-refractivity contribution in [1.29, 1.82) is 5.26 Å². The predicted octanol–water partition coefficient (Wildman–Crippen LogP) is 3.64. The first-order chi connectivity index (χ1) is 16.1. The van der Waals surface area contributed by atoms with E-state index in [1.807, 2.05) is 38.1 Å². The largest absolute Gasteiger partial charge is 0.383 e. The van der Waals surface area contributed by atoms with Gasteiger partial charge in [-0.15, -0.1) is 0 Å². The SMILES string of the molecule is C=N/C(C)=C(\C=C/CCCC1CN1)CNCNCCNc1ccc(C#N)c2nc(C)ccc12. The maximum absolute atomic E-state index is 9.35. The van der Waals surface area contributed by atoms with Crippen LogP contribution < -0.4 is 21.3 Å². The molecule has 7 nitrogen and oxygen atoms in total. The molecule has 1 unspecified atom stereocenters. The number of aryl methyl sites for hydroxylation is 1. The van der Waals surface area contributed by atoms with Gasteiger partial charge in [-0.25, -0.2) is 0 Å². The van der Waals surface area contributed by atoms with Crippen molar-refractivity contribution in [3.63, 3.8) is 0 Å². The molecule has 174 valence electrons. The monoisotopic (exact) mass is 445 g/mol. The second-order valence-electron chi connectivity index (χ2n) is 8.36. The van der Waals surface area contributed by atoms with Gasteiger partial charge in [0.05, 0.1) is 11.1 Å². The zero-order chi connectivity index (χ0) is 23.5. The molecule has 4 N–H and O–H groups in total. The number of nitrogens with zero attached hydrogens (tertiary/aromatic N) is 3. The second kappa shape index (κ2) is 12.9. The lowest BCUT2D eigenvalue weighted by atomic mass is 10.1. The van der Waals surface area contributed by atoms with Gasteiger partial charge in [-0.1, -0.05) is 12.2 Å². The molecule has 1 aliphatic rings. The Morgan fingerprint density at radius 3 is 2.91 bits per heavy atom. The molecule has 1 aliphatic heterocycles. The molecule has 1 aromatic carbocycles. The molecule has 0 amide bonds. The van der Waals surface area contributed by atoms with Crippen LogP contribution in [0.3, 0.4) is 0 Å². The Balaban J connectivity index is 1.39. The molecular formula is C26H35N7. The van der Waals surface area contributed by atoms with E-state index in [2.05, 4.69) is 56.2 Å². The lowest BCUT2D eigenvalue weighted by Crippen LogP contribution is -2.33. The highest BCUT2D eigenvalue weighted by atomic mass is 15.1. The van der Waals surface area contributed by atoms with E-state index in [1.54, 1.807) is 0 Å². The van der Waals surface area contributed by atoms with E-state index >= 15 is 0 Å². The highest BCUT2D eigenvalue weighted by Gasteiger charge is 2.18. The minimum atomic E-state index is 0.601. The zero-order valence-electron chi connectivity index (χ0n) is 19.7. The molecular weight excluding hydrogens is 410 g/mol. The molecule has 33 heavy (non-hydrogen) atoms. The zero-order valence-corrected chi connectivity index (χ0v) is 19.7.